The van der Waals surface area contributed by atoms with Gasteiger partial charge in [0.05, 0.1) is 0 Å². The zero-order valence-corrected chi connectivity index (χ0v) is 11.0. The number of amides is 1. The Morgan fingerprint density at radius 1 is 1.29 bits per heavy atom. The van der Waals surface area contributed by atoms with Gasteiger partial charge in [0.15, 0.2) is 6.61 Å². The lowest BCUT2D eigenvalue weighted by Crippen LogP contribution is -2.39. The first-order valence-corrected chi connectivity index (χ1v) is 5.98. The highest BCUT2D eigenvalue weighted by molar-refractivity contribution is 5.77. The maximum Gasteiger partial charge on any atom is 0.258 e. The third kappa shape index (κ3) is 4.47. The van der Waals surface area contributed by atoms with E-state index in [4.69, 9.17) is 4.74 Å². The average Bonchev–Trinajstić information content (AvgIpc) is 2.27. The normalized spacial score (nSPS) is 12.3. The molecule has 0 aromatic heterocycles. The van der Waals surface area contributed by atoms with Crippen LogP contribution in [0.2, 0.25) is 0 Å². The van der Waals surface area contributed by atoms with Crippen LogP contribution in [0.5, 0.6) is 5.75 Å². The van der Waals surface area contributed by atoms with Gasteiger partial charge in [-0.05, 0) is 31.4 Å². The van der Waals surface area contributed by atoms with E-state index in [9.17, 15) is 4.79 Å². The van der Waals surface area contributed by atoms with Crippen molar-refractivity contribution in [3.05, 3.63) is 29.8 Å². The first kappa shape index (κ1) is 13.6. The molecular formula is C14H21NO2. The molecule has 0 radical (unpaired) electrons. The average molecular weight is 235 g/mol. The number of aryl methyl sites for hydroxylation is 1. The van der Waals surface area contributed by atoms with E-state index >= 15 is 0 Å². The van der Waals surface area contributed by atoms with Crippen LogP contribution in [0.3, 0.4) is 0 Å². The standard InChI is InChI=1S/C14H21NO2/c1-10(2)12(4)15-14(16)9-17-13-8-6-5-7-11(13)3/h5-8,10,12H,9H2,1-4H3,(H,15,16)/t12-/m1/s1. The molecule has 94 valence electrons. The molecule has 3 heteroatoms. The number of carbonyl (C=O) groups is 1. The van der Waals surface area contributed by atoms with Crippen LogP contribution in [0.15, 0.2) is 24.3 Å². The predicted molar refractivity (Wildman–Crippen MR) is 69.1 cm³/mol. The third-order valence-electron chi connectivity index (χ3n) is 2.84. The van der Waals surface area contributed by atoms with Gasteiger partial charge < -0.3 is 10.1 Å². The fourth-order valence-electron chi connectivity index (χ4n) is 1.32. The van der Waals surface area contributed by atoms with Crippen molar-refractivity contribution >= 4 is 5.91 Å². The second-order valence-corrected chi connectivity index (χ2v) is 4.65. The summed E-state index contributed by atoms with van der Waals surface area (Å²) in [5.74, 6) is 1.12. The van der Waals surface area contributed by atoms with Crippen molar-refractivity contribution in [2.45, 2.75) is 33.7 Å². The number of para-hydroxylation sites is 1. The molecule has 1 N–H and O–H groups in total. The Hall–Kier alpha value is -1.51. The Labute approximate surface area is 103 Å². The van der Waals surface area contributed by atoms with Gasteiger partial charge in [0.2, 0.25) is 0 Å². The number of rotatable bonds is 5. The summed E-state index contributed by atoms with van der Waals surface area (Å²) in [5.41, 5.74) is 1.04. The Morgan fingerprint density at radius 3 is 2.53 bits per heavy atom. The molecule has 1 aromatic rings. The Morgan fingerprint density at radius 2 is 1.94 bits per heavy atom. The van der Waals surface area contributed by atoms with Crippen LogP contribution in [0.25, 0.3) is 0 Å². The summed E-state index contributed by atoms with van der Waals surface area (Å²) in [6.45, 7) is 8.18. The van der Waals surface area contributed by atoms with Gasteiger partial charge in [0.25, 0.3) is 5.91 Å². The minimum absolute atomic E-state index is 0.0713. The molecule has 0 aliphatic heterocycles. The molecule has 0 unspecified atom stereocenters. The van der Waals surface area contributed by atoms with E-state index in [2.05, 4.69) is 19.2 Å². The van der Waals surface area contributed by atoms with E-state index in [1.165, 1.54) is 0 Å². The lowest BCUT2D eigenvalue weighted by molar-refractivity contribution is -0.124. The van der Waals surface area contributed by atoms with Gasteiger partial charge in [-0.2, -0.15) is 0 Å². The lowest BCUT2D eigenvalue weighted by atomic mass is 10.1. The number of ether oxygens (including phenoxy) is 1. The first-order chi connectivity index (χ1) is 8.00. The molecular weight excluding hydrogens is 214 g/mol. The Bertz CT molecular complexity index is 374. The Balaban J connectivity index is 2.41. The minimum Gasteiger partial charge on any atom is -0.484 e. The molecule has 0 heterocycles. The quantitative estimate of drug-likeness (QED) is 0.851. The topological polar surface area (TPSA) is 38.3 Å². The summed E-state index contributed by atoms with van der Waals surface area (Å²) < 4.78 is 5.47. The number of hydrogen-bond acceptors (Lipinski definition) is 2. The SMILES string of the molecule is Cc1ccccc1OCC(=O)N[C@H](C)C(C)C. The third-order valence-corrected chi connectivity index (χ3v) is 2.84. The molecule has 0 bridgehead atoms. The summed E-state index contributed by atoms with van der Waals surface area (Å²) in [4.78, 5) is 11.6. The van der Waals surface area contributed by atoms with Gasteiger partial charge in [-0.3, -0.25) is 4.79 Å². The predicted octanol–water partition coefficient (Wildman–Crippen LogP) is 2.53. The molecule has 1 aromatic carbocycles. The molecule has 1 amide bonds. The summed E-state index contributed by atoms with van der Waals surface area (Å²) in [7, 11) is 0. The van der Waals surface area contributed by atoms with Gasteiger partial charge in [-0.1, -0.05) is 32.0 Å². The molecule has 0 aliphatic rings. The second-order valence-electron chi connectivity index (χ2n) is 4.65. The molecule has 0 saturated heterocycles. The summed E-state index contributed by atoms with van der Waals surface area (Å²) in [6, 6.07) is 7.85. The van der Waals surface area contributed by atoms with Crippen LogP contribution in [0.4, 0.5) is 0 Å². The van der Waals surface area contributed by atoms with E-state index < -0.39 is 0 Å². The van der Waals surface area contributed by atoms with Gasteiger partial charge in [-0.15, -0.1) is 0 Å². The molecule has 0 aliphatic carbocycles. The zero-order chi connectivity index (χ0) is 12.8. The minimum atomic E-state index is -0.0746. The zero-order valence-electron chi connectivity index (χ0n) is 11.0. The van der Waals surface area contributed by atoms with Crippen LogP contribution in [-0.4, -0.2) is 18.6 Å². The summed E-state index contributed by atoms with van der Waals surface area (Å²) >= 11 is 0. The number of carbonyl (C=O) groups excluding carboxylic acids is 1. The van der Waals surface area contributed by atoms with Crippen molar-refractivity contribution in [2.75, 3.05) is 6.61 Å². The Kier molecular flexibility index (Phi) is 5.01. The highest BCUT2D eigenvalue weighted by Gasteiger charge is 2.11. The number of benzene rings is 1. The van der Waals surface area contributed by atoms with Crippen LogP contribution >= 0.6 is 0 Å². The molecule has 0 fully saturated rings. The monoisotopic (exact) mass is 235 g/mol. The highest BCUT2D eigenvalue weighted by atomic mass is 16.5. The van der Waals surface area contributed by atoms with Gasteiger partial charge >= 0.3 is 0 Å². The van der Waals surface area contributed by atoms with E-state index in [1.807, 2.05) is 38.1 Å². The fourth-order valence-corrected chi connectivity index (χ4v) is 1.32. The summed E-state index contributed by atoms with van der Waals surface area (Å²) in [5, 5.41) is 2.91. The molecule has 3 nitrogen and oxygen atoms in total. The largest absolute Gasteiger partial charge is 0.484 e. The first-order valence-electron chi connectivity index (χ1n) is 5.98. The molecule has 1 atom stereocenters. The van der Waals surface area contributed by atoms with E-state index in [0.717, 1.165) is 11.3 Å². The van der Waals surface area contributed by atoms with Crippen molar-refractivity contribution < 1.29 is 9.53 Å². The van der Waals surface area contributed by atoms with E-state index in [1.54, 1.807) is 0 Å². The maximum absolute atomic E-state index is 11.6. The van der Waals surface area contributed by atoms with Crippen molar-refractivity contribution in [3.63, 3.8) is 0 Å². The maximum atomic E-state index is 11.6. The van der Waals surface area contributed by atoms with Crippen LogP contribution in [-0.2, 0) is 4.79 Å². The molecule has 17 heavy (non-hydrogen) atoms. The van der Waals surface area contributed by atoms with Crippen LogP contribution in [0.1, 0.15) is 26.3 Å². The molecule has 0 spiro atoms. The van der Waals surface area contributed by atoms with Crippen LogP contribution < -0.4 is 10.1 Å². The van der Waals surface area contributed by atoms with Gasteiger partial charge in [-0.25, -0.2) is 0 Å². The van der Waals surface area contributed by atoms with Gasteiger partial charge in [0, 0.05) is 6.04 Å². The fraction of sp³-hybridized carbons (Fsp3) is 0.500. The van der Waals surface area contributed by atoms with Crippen molar-refractivity contribution in [3.8, 4) is 5.75 Å². The van der Waals surface area contributed by atoms with Crippen molar-refractivity contribution in [2.24, 2.45) is 5.92 Å². The van der Waals surface area contributed by atoms with Crippen molar-refractivity contribution in [1.29, 1.82) is 0 Å². The lowest BCUT2D eigenvalue weighted by Gasteiger charge is -2.17. The number of nitrogens with one attached hydrogen (secondary N) is 1. The van der Waals surface area contributed by atoms with E-state index in [-0.39, 0.29) is 18.6 Å². The molecule has 1 rings (SSSR count). The summed E-state index contributed by atoms with van der Waals surface area (Å²) in [6.07, 6.45) is 0. The highest BCUT2D eigenvalue weighted by Crippen LogP contribution is 2.15. The molecule has 0 saturated carbocycles. The van der Waals surface area contributed by atoms with Crippen LogP contribution in [0, 0.1) is 12.8 Å². The second kappa shape index (κ2) is 6.28. The smallest absolute Gasteiger partial charge is 0.258 e. The number of hydrogen-bond donors (Lipinski definition) is 1. The van der Waals surface area contributed by atoms with E-state index in [0.29, 0.717) is 5.92 Å². The van der Waals surface area contributed by atoms with Crippen molar-refractivity contribution in [1.82, 2.24) is 5.32 Å². The van der Waals surface area contributed by atoms with Gasteiger partial charge in [0.1, 0.15) is 5.75 Å².